The van der Waals surface area contributed by atoms with E-state index in [1.807, 2.05) is 32.9 Å². The monoisotopic (exact) mass is 443 g/mol. The van der Waals surface area contributed by atoms with Gasteiger partial charge in [-0.1, -0.05) is 89.2 Å². The number of aliphatic hydroxyl groups is 1. The van der Waals surface area contributed by atoms with Crippen LogP contribution < -0.4 is 0 Å². The lowest BCUT2D eigenvalue weighted by atomic mass is 9.71. The maximum absolute atomic E-state index is 12.0. The number of aryl methyl sites for hydroxylation is 1. The van der Waals surface area contributed by atoms with Gasteiger partial charge >= 0.3 is 6.09 Å². The highest BCUT2D eigenvalue weighted by molar-refractivity contribution is 5.67. The third kappa shape index (κ3) is 4.98. The molecule has 1 aromatic carbocycles. The Hall–Kier alpha value is -2.41. The van der Waals surface area contributed by atoms with E-state index in [4.69, 9.17) is 4.52 Å². The molecular formula is C25H37N3O4. The standard InChI is InChI=1S/C25H37N3O4/c1-5-6-7-8-9-10-11-18-12-14-19(15-13-18)21-26-22(32-27-21)25(24(2,3)4)16-20(29)17-28(25)23(30)31/h12-15,20,29H,5-11,16-17H2,1-4H3,(H,30,31)/t20-,25+/m0/s1. The number of rotatable bonds is 9. The van der Waals surface area contributed by atoms with E-state index >= 15 is 0 Å². The molecule has 1 fully saturated rings. The van der Waals surface area contributed by atoms with E-state index in [-0.39, 0.29) is 18.9 Å². The van der Waals surface area contributed by atoms with Crippen molar-refractivity contribution in [3.8, 4) is 11.4 Å². The average Bonchev–Trinajstić information content (AvgIpc) is 3.36. The second kappa shape index (κ2) is 10.0. The molecule has 1 amide bonds. The number of hydrogen-bond donors (Lipinski definition) is 2. The van der Waals surface area contributed by atoms with Gasteiger partial charge in [-0.05, 0) is 23.8 Å². The van der Waals surface area contributed by atoms with Crippen LogP contribution in [-0.2, 0) is 12.0 Å². The summed E-state index contributed by atoms with van der Waals surface area (Å²) in [5.41, 5.74) is 0.487. The predicted molar refractivity (Wildman–Crippen MR) is 123 cm³/mol. The number of benzene rings is 1. The summed E-state index contributed by atoms with van der Waals surface area (Å²) in [5.74, 6) is 0.663. The molecule has 0 bridgehead atoms. The number of carbonyl (C=O) groups is 1. The molecule has 2 heterocycles. The molecule has 1 aromatic heterocycles. The average molecular weight is 444 g/mol. The van der Waals surface area contributed by atoms with Crippen LogP contribution >= 0.6 is 0 Å². The number of carboxylic acid groups (broad SMARTS) is 1. The number of likely N-dealkylation sites (tertiary alicyclic amines) is 1. The summed E-state index contributed by atoms with van der Waals surface area (Å²) < 4.78 is 5.63. The first kappa shape index (κ1) is 24.2. The van der Waals surface area contributed by atoms with Crippen LogP contribution in [0.15, 0.2) is 28.8 Å². The van der Waals surface area contributed by atoms with Gasteiger partial charge in [0.05, 0.1) is 12.6 Å². The van der Waals surface area contributed by atoms with E-state index in [9.17, 15) is 15.0 Å². The summed E-state index contributed by atoms with van der Waals surface area (Å²) in [6.45, 7) is 8.06. The van der Waals surface area contributed by atoms with Crippen molar-refractivity contribution >= 4 is 6.09 Å². The second-order valence-electron chi connectivity index (χ2n) is 10.00. The Morgan fingerprint density at radius 1 is 1.16 bits per heavy atom. The minimum absolute atomic E-state index is 0.0253. The quantitative estimate of drug-likeness (QED) is 0.488. The Morgan fingerprint density at radius 3 is 2.44 bits per heavy atom. The van der Waals surface area contributed by atoms with Gasteiger partial charge in [-0.15, -0.1) is 0 Å². The van der Waals surface area contributed by atoms with Crippen LogP contribution in [0.4, 0.5) is 4.79 Å². The number of β-amino-alcohol motifs (C(OH)–C–C–N with tert-alkyl or cyclic N) is 1. The Balaban J connectivity index is 1.75. The minimum Gasteiger partial charge on any atom is -0.465 e. The van der Waals surface area contributed by atoms with Crippen LogP contribution in [0.5, 0.6) is 0 Å². The molecule has 2 aromatic rings. The number of unbranched alkanes of at least 4 members (excludes halogenated alkanes) is 5. The molecule has 0 spiro atoms. The molecule has 0 radical (unpaired) electrons. The molecule has 0 saturated carbocycles. The van der Waals surface area contributed by atoms with Gasteiger partial charge in [0, 0.05) is 12.0 Å². The van der Waals surface area contributed by atoms with E-state index in [0.29, 0.717) is 5.82 Å². The number of aliphatic hydroxyl groups excluding tert-OH is 1. The Bertz CT molecular complexity index is 887. The fourth-order valence-corrected chi connectivity index (χ4v) is 4.80. The lowest BCUT2D eigenvalue weighted by Crippen LogP contribution is -2.53. The molecule has 1 saturated heterocycles. The van der Waals surface area contributed by atoms with Crippen LogP contribution in [0.2, 0.25) is 0 Å². The molecule has 0 unspecified atom stereocenters. The van der Waals surface area contributed by atoms with Crippen molar-refractivity contribution in [2.75, 3.05) is 6.54 Å². The van der Waals surface area contributed by atoms with Crippen LogP contribution in [0.3, 0.4) is 0 Å². The molecule has 2 N–H and O–H groups in total. The molecule has 7 heteroatoms. The fourth-order valence-electron chi connectivity index (χ4n) is 4.80. The highest BCUT2D eigenvalue weighted by Crippen LogP contribution is 2.51. The number of aromatic nitrogens is 2. The molecule has 3 rings (SSSR count). The fraction of sp³-hybridized carbons (Fsp3) is 0.640. The smallest absolute Gasteiger partial charge is 0.408 e. The SMILES string of the molecule is CCCCCCCCc1ccc(-c2noc([C@@]3(C(C)(C)C)C[C@H](O)CN3C(=O)O)n2)cc1. The van der Waals surface area contributed by atoms with Crippen molar-refractivity contribution in [3.05, 3.63) is 35.7 Å². The molecule has 1 aliphatic rings. The summed E-state index contributed by atoms with van der Waals surface area (Å²) in [5, 5.41) is 24.3. The van der Waals surface area contributed by atoms with Crippen LogP contribution in [-0.4, -0.2) is 44.0 Å². The van der Waals surface area contributed by atoms with Gasteiger partial charge < -0.3 is 14.7 Å². The van der Waals surface area contributed by atoms with Gasteiger partial charge in [0.15, 0.2) is 0 Å². The van der Waals surface area contributed by atoms with Crippen LogP contribution in [0.25, 0.3) is 11.4 Å². The van der Waals surface area contributed by atoms with E-state index in [0.717, 1.165) is 12.0 Å². The first-order chi connectivity index (χ1) is 15.2. The third-order valence-corrected chi connectivity index (χ3v) is 6.67. The number of amides is 1. The van der Waals surface area contributed by atoms with E-state index in [1.165, 1.54) is 49.0 Å². The Morgan fingerprint density at radius 2 is 1.81 bits per heavy atom. The topological polar surface area (TPSA) is 99.7 Å². The second-order valence-corrected chi connectivity index (χ2v) is 10.00. The van der Waals surface area contributed by atoms with Crippen LogP contribution in [0, 0.1) is 5.41 Å². The molecule has 176 valence electrons. The lowest BCUT2D eigenvalue weighted by molar-refractivity contribution is 0.00269. The summed E-state index contributed by atoms with van der Waals surface area (Å²) >= 11 is 0. The maximum Gasteiger partial charge on any atom is 0.408 e. The van der Waals surface area contributed by atoms with E-state index < -0.39 is 23.2 Å². The van der Waals surface area contributed by atoms with Crippen LogP contribution in [0.1, 0.15) is 84.1 Å². The van der Waals surface area contributed by atoms with E-state index in [1.54, 1.807) is 0 Å². The van der Waals surface area contributed by atoms with Gasteiger partial charge in [-0.2, -0.15) is 4.98 Å². The molecule has 2 atom stereocenters. The first-order valence-corrected chi connectivity index (χ1v) is 11.8. The molecule has 32 heavy (non-hydrogen) atoms. The maximum atomic E-state index is 12.0. The van der Waals surface area contributed by atoms with Crippen molar-refractivity contribution in [1.29, 1.82) is 0 Å². The van der Waals surface area contributed by atoms with Gasteiger partial charge in [-0.3, -0.25) is 4.90 Å². The van der Waals surface area contributed by atoms with Gasteiger partial charge in [0.1, 0.15) is 5.54 Å². The largest absolute Gasteiger partial charge is 0.465 e. The zero-order valence-electron chi connectivity index (χ0n) is 19.8. The Kier molecular flexibility index (Phi) is 7.59. The summed E-state index contributed by atoms with van der Waals surface area (Å²) in [6, 6.07) is 8.17. The van der Waals surface area contributed by atoms with Crippen molar-refractivity contribution in [2.45, 2.75) is 90.7 Å². The first-order valence-electron chi connectivity index (χ1n) is 11.8. The van der Waals surface area contributed by atoms with Crippen molar-refractivity contribution in [2.24, 2.45) is 5.41 Å². The summed E-state index contributed by atoms with van der Waals surface area (Å²) in [7, 11) is 0. The number of hydrogen-bond acceptors (Lipinski definition) is 5. The summed E-state index contributed by atoms with van der Waals surface area (Å²) in [4.78, 5) is 17.8. The summed E-state index contributed by atoms with van der Waals surface area (Å²) in [6.07, 6.45) is 7.07. The lowest BCUT2D eigenvalue weighted by Gasteiger charge is -2.43. The van der Waals surface area contributed by atoms with E-state index in [2.05, 4.69) is 29.2 Å². The highest BCUT2D eigenvalue weighted by Gasteiger charge is 2.59. The molecule has 1 aliphatic heterocycles. The van der Waals surface area contributed by atoms with Gasteiger partial charge in [0.25, 0.3) is 5.89 Å². The van der Waals surface area contributed by atoms with Crippen molar-refractivity contribution in [1.82, 2.24) is 15.0 Å². The molecular weight excluding hydrogens is 406 g/mol. The normalized spacial score (nSPS) is 21.3. The molecule has 0 aliphatic carbocycles. The third-order valence-electron chi connectivity index (χ3n) is 6.67. The highest BCUT2D eigenvalue weighted by atomic mass is 16.5. The van der Waals surface area contributed by atoms with Gasteiger partial charge in [0.2, 0.25) is 5.82 Å². The van der Waals surface area contributed by atoms with Crippen molar-refractivity contribution < 1.29 is 19.5 Å². The zero-order chi connectivity index (χ0) is 23.4. The number of nitrogens with zero attached hydrogens (tertiary/aromatic N) is 3. The van der Waals surface area contributed by atoms with Gasteiger partial charge in [-0.25, -0.2) is 4.79 Å². The molecule has 7 nitrogen and oxygen atoms in total. The Labute approximate surface area is 190 Å². The predicted octanol–water partition coefficient (Wildman–Crippen LogP) is 5.63. The zero-order valence-corrected chi connectivity index (χ0v) is 19.8. The minimum atomic E-state index is -1.10. The van der Waals surface area contributed by atoms with Crippen molar-refractivity contribution in [3.63, 3.8) is 0 Å².